The fraction of sp³-hybridized carbons (Fsp3) is 0.377. The van der Waals surface area contributed by atoms with Crippen molar-refractivity contribution in [2.45, 2.75) is 83.8 Å². The molecule has 2 unspecified atom stereocenters. The van der Waals surface area contributed by atoms with Crippen LogP contribution in [0.25, 0.3) is 38.6 Å². The SMILES string of the molecule is C=CC(=O)N1CCN(c2nc(=O)n3c4nc(c(F)cc24)c2c(F)cccc2oc2cc(CNC(=O)C4CCC(CNc5cc(C=O)c(C(=O)N(C)C6CCC(=O)NC6=O)cc5F)CC4)cc(C(C)C)c23)C(C)C1. The van der Waals surface area contributed by atoms with E-state index in [4.69, 9.17) is 4.42 Å². The number of carbonyl (C=O) groups excluding carboxylic acids is 6. The summed E-state index contributed by atoms with van der Waals surface area (Å²) in [4.78, 5) is 104. The maximum Gasteiger partial charge on any atom is 0.355 e. The van der Waals surface area contributed by atoms with Crippen LogP contribution in [0, 0.1) is 29.3 Å². The first kappa shape index (κ1) is 50.1. The standard InChI is InChI=1S/C53H54F3N9O8/c1-6-44(68)63-16-17-64(28(4)25-63)48-35-22-38(56)46-45-36(54)8-7-9-41(45)73-42-19-30(18-33(27(2)3)47(42)65(49(35)60-46)53(72)61-48)24-58-50(69)31-12-10-29(11-13-31)23-57-39-20-32(26-66)34(21-37(39)55)52(71)62(5)40-14-15-43(67)59-51(40)70/h6-9,18-22,26-29,31,40,57H,1,10-17,23-25H2,2-5H3,(H,58,69)(H,59,67,70). The van der Waals surface area contributed by atoms with Gasteiger partial charge in [-0.2, -0.15) is 4.98 Å². The number of carbonyl (C=O) groups is 6. The van der Waals surface area contributed by atoms with Crippen LogP contribution >= 0.6 is 0 Å². The average Bonchev–Trinajstić information content (AvgIpc) is 3.42. The molecular formula is C53H54F3N9O8. The molecule has 2 atom stereocenters. The van der Waals surface area contributed by atoms with Gasteiger partial charge in [0.2, 0.25) is 23.6 Å². The maximum absolute atomic E-state index is 16.5. The molecule has 1 aliphatic carbocycles. The monoisotopic (exact) mass is 1000 g/mol. The molecule has 17 nitrogen and oxygen atoms in total. The van der Waals surface area contributed by atoms with Gasteiger partial charge in [-0.25, -0.2) is 27.4 Å². The molecule has 380 valence electrons. The van der Waals surface area contributed by atoms with E-state index in [0.29, 0.717) is 62.7 Å². The molecule has 3 aromatic heterocycles. The Bertz CT molecular complexity index is 3380. The van der Waals surface area contributed by atoms with Gasteiger partial charge in [0.25, 0.3) is 5.91 Å². The van der Waals surface area contributed by atoms with Gasteiger partial charge in [-0.3, -0.25) is 34.1 Å². The second-order valence-corrected chi connectivity index (χ2v) is 19.4. The number of hydrogen-bond acceptors (Lipinski definition) is 12. The summed E-state index contributed by atoms with van der Waals surface area (Å²) in [5, 5.41) is 8.25. The van der Waals surface area contributed by atoms with Gasteiger partial charge >= 0.3 is 5.69 Å². The number of likely N-dealkylation sites (N-methyl/N-ethyl adjacent to an activating group) is 1. The number of hydrogen-bond donors (Lipinski definition) is 3. The van der Waals surface area contributed by atoms with Crippen LogP contribution in [-0.2, 0) is 25.7 Å². The molecular weight excluding hydrogens is 948 g/mol. The van der Waals surface area contributed by atoms with Gasteiger partial charge in [-0.1, -0.05) is 32.6 Å². The number of benzene rings is 3. The van der Waals surface area contributed by atoms with Crippen LogP contribution in [0.2, 0.25) is 0 Å². The molecule has 20 heteroatoms. The average molecular weight is 1000 g/mol. The van der Waals surface area contributed by atoms with Crippen molar-refractivity contribution in [3.8, 4) is 0 Å². The third kappa shape index (κ3) is 9.64. The minimum atomic E-state index is -0.953. The molecule has 5 heterocycles. The van der Waals surface area contributed by atoms with Crippen molar-refractivity contribution in [3.63, 3.8) is 0 Å². The van der Waals surface area contributed by atoms with Crippen LogP contribution in [0.4, 0.5) is 24.7 Å². The minimum absolute atomic E-state index is 0.0231. The van der Waals surface area contributed by atoms with Crippen LogP contribution < -0.4 is 26.5 Å². The molecule has 0 spiro atoms. The number of fused-ring (bicyclic) bond motifs is 5. The van der Waals surface area contributed by atoms with Crippen molar-refractivity contribution in [2.24, 2.45) is 11.8 Å². The minimum Gasteiger partial charge on any atom is -0.454 e. The van der Waals surface area contributed by atoms with Crippen molar-refractivity contribution in [1.82, 2.24) is 34.8 Å². The summed E-state index contributed by atoms with van der Waals surface area (Å²) in [6.07, 6.45) is 4.17. The number of imide groups is 1. The second kappa shape index (κ2) is 20.3. The van der Waals surface area contributed by atoms with Gasteiger partial charge in [-0.15, -0.1) is 0 Å². The molecule has 6 aromatic rings. The van der Waals surface area contributed by atoms with E-state index in [2.05, 4.69) is 32.5 Å². The number of amides is 5. The fourth-order valence-electron chi connectivity index (χ4n) is 10.4. The zero-order chi connectivity index (χ0) is 52.0. The summed E-state index contributed by atoms with van der Waals surface area (Å²) < 4.78 is 55.6. The molecule has 9 rings (SSSR count). The Morgan fingerprint density at radius 3 is 2.42 bits per heavy atom. The number of nitrogens with zero attached hydrogens (tertiary/aromatic N) is 6. The molecule has 1 saturated carbocycles. The molecule has 3 N–H and O–H groups in total. The number of halogens is 3. The van der Waals surface area contributed by atoms with Gasteiger partial charge in [0.15, 0.2) is 23.3 Å². The lowest BCUT2D eigenvalue weighted by Crippen LogP contribution is -2.54. The fourth-order valence-corrected chi connectivity index (χ4v) is 10.4. The Hall–Kier alpha value is -7.90. The van der Waals surface area contributed by atoms with Crippen molar-refractivity contribution < 1.29 is 46.4 Å². The Kier molecular flexibility index (Phi) is 13.9. The quantitative estimate of drug-likeness (QED) is 0.0666. The van der Waals surface area contributed by atoms with E-state index in [9.17, 15) is 33.6 Å². The number of anilines is 2. The van der Waals surface area contributed by atoms with Crippen LogP contribution in [0.5, 0.6) is 0 Å². The Balaban J connectivity index is 0.948. The third-order valence-corrected chi connectivity index (χ3v) is 14.4. The Labute approximate surface area is 416 Å². The van der Waals surface area contributed by atoms with Crippen molar-refractivity contribution in [1.29, 1.82) is 0 Å². The smallest absolute Gasteiger partial charge is 0.355 e. The van der Waals surface area contributed by atoms with Crippen molar-refractivity contribution in [3.05, 3.63) is 111 Å². The van der Waals surface area contributed by atoms with Crippen LogP contribution in [-0.4, -0.2) is 105 Å². The van der Waals surface area contributed by atoms with E-state index in [1.165, 1.54) is 47.9 Å². The highest BCUT2D eigenvalue weighted by Gasteiger charge is 2.35. The highest BCUT2D eigenvalue weighted by Crippen LogP contribution is 2.36. The van der Waals surface area contributed by atoms with Gasteiger partial charge in [0.1, 0.15) is 34.6 Å². The zero-order valence-corrected chi connectivity index (χ0v) is 40.7. The van der Waals surface area contributed by atoms with E-state index in [1.54, 1.807) is 11.0 Å². The summed E-state index contributed by atoms with van der Waals surface area (Å²) >= 11 is 0. The topological polar surface area (TPSA) is 209 Å². The summed E-state index contributed by atoms with van der Waals surface area (Å²) in [7, 11) is 1.36. The van der Waals surface area contributed by atoms with Gasteiger partial charge in [0.05, 0.1) is 27.5 Å². The second-order valence-electron chi connectivity index (χ2n) is 19.4. The maximum atomic E-state index is 16.5. The van der Waals surface area contributed by atoms with Crippen LogP contribution in [0.15, 0.2) is 70.4 Å². The van der Waals surface area contributed by atoms with E-state index in [-0.39, 0.29) is 123 Å². The summed E-state index contributed by atoms with van der Waals surface area (Å²) in [5.41, 5.74) is 0.224. The number of pyridine rings is 1. The van der Waals surface area contributed by atoms with E-state index >= 15 is 13.2 Å². The van der Waals surface area contributed by atoms with Gasteiger partial charge in [0, 0.05) is 63.7 Å². The first-order chi connectivity index (χ1) is 35.0. The Morgan fingerprint density at radius 1 is 0.959 bits per heavy atom. The van der Waals surface area contributed by atoms with Crippen molar-refractivity contribution >= 4 is 85.9 Å². The molecule has 3 aliphatic rings. The normalized spacial score (nSPS) is 19.3. The lowest BCUT2D eigenvalue weighted by Gasteiger charge is -2.40. The molecule has 3 aromatic carbocycles. The highest BCUT2D eigenvalue weighted by molar-refractivity contribution is 6.06. The Morgan fingerprint density at radius 2 is 1.73 bits per heavy atom. The lowest BCUT2D eigenvalue weighted by molar-refractivity contribution is -0.136. The van der Waals surface area contributed by atoms with Crippen LogP contribution in [0.3, 0.4) is 0 Å². The van der Waals surface area contributed by atoms with E-state index in [1.807, 2.05) is 31.7 Å². The number of piperidine rings is 1. The van der Waals surface area contributed by atoms with E-state index in [0.717, 1.165) is 11.0 Å². The molecule has 2 saturated heterocycles. The summed E-state index contributed by atoms with van der Waals surface area (Å²) in [6, 6.07) is 9.72. The number of aldehydes is 1. The predicted octanol–water partition coefficient (Wildman–Crippen LogP) is 6.69. The number of piperazine rings is 1. The number of nitrogens with one attached hydrogen (secondary N) is 3. The highest BCUT2D eigenvalue weighted by atomic mass is 19.1. The van der Waals surface area contributed by atoms with Gasteiger partial charge in [-0.05, 0) is 104 Å². The lowest BCUT2D eigenvalue weighted by atomic mass is 9.81. The first-order valence-corrected chi connectivity index (χ1v) is 24.3. The summed E-state index contributed by atoms with van der Waals surface area (Å²) in [6.45, 7) is 10.6. The van der Waals surface area contributed by atoms with E-state index < -0.39 is 46.9 Å². The number of rotatable bonds is 12. The van der Waals surface area contributed by atoms with Gasteiger partial charge < -0.3 is 29.8 Å². The predicted molar refractivity (Wildman–Crippen MR) is 266 cm³/mol. The number of aromatic nitrogens is 3. The zero-order valence-electron chi connectivity index (χ0n) is 40.7. The third-order valence-electron chi connectivity index (χ3n) is 14.4. The molecule has 2 aliphatic heterocycles. The largest absolute Gasteiger partial charge is 0.454 e. The molecule has 0 radical (unpaired) electrons. The molecule has 2 bridgehead atoms. The molecule has 73 heavy (non-hydrogen) atoms. The first-order valence-electron chi connectivity index (χ1n) is 24.3. The van der Waals surface area contributed by atoms with Crippen molar-refractivity contribution in [2.75, 3.05) is 43.4 Å². The molecule has 3 fully saturated rings. The van der Waals surface area contributed by atoms with Crippen LogP contribution in [0.1, 0.15) is 97.1 Å². The summed E-state index contributed by atoms with van der Waals surface area (Å²) in [5.74, 6) is -5.06. The molecule has 5 amide bonds.